The molecule has 0 N–H and O–H groups in total. The average Bonchev–Trinajstić information content (AvgIpc) is 3.14. The number of aromatic nitrogens is 2. The molecule has 0 atom stereocenters. The number of nitrogens with zero attached hydrogens (tertiary/aromatic N) is 3. The molecule has 2 heterocycles. The van der Waals surface area contributed by atoms with Gasteiger partial charge in [-0.05, 0) is 35.4 Å². The van der Waals surface area contributed by atoms with Crippen molar-refractivity contribution in [3.8, 4) is 16.9 Å². The Hall–Kier alpha value is -3.39. The summed E-state index contributed by atoms with van der Waals surface area (Å²) in [7, 11) is 0. The second kappa shape index (κ2) is 7.69. The molecule has 0 amide bonds. The topological polar surface area (TPSA) is 56.5 Å². The lowest BCUT2D eigenvalue weighted by molar-refractivity contribution is -0.0498. The quantitative estimate of drug-likeness (QED) is 0.462. The summed E-state index contributed by atoms with van der Waals surface area (Å²) in [6.07, 6.45) is 2.82. The standard InChI is InChI=1S/C20H13F2N3O2S/c21-20(22)27-15-8-6-13(7-9-15)10-24-25-12-23-18-17(19(25)26)16(11-28-18)14-4-2-1-3-5-14/h1-12,20H/b24-10-. The molecule has 2 aromatic carbocycles. The summed E-state index contributed by atoms with van der Waals surface area (Å²) < 4.78 is 29.9. The first-order chi connectivity index (χ1) is 13.6. The zero-order valence-corrected chi connectivity index (χ0v) is 15.1. The molecule has 0 saturated carbocycles. The third-order valence-electron chi connectivity index (χ3n) is 4.00. The van der Waals surface area contributed by atoms with Gasteiger partial charge in [0, 0.05) is 10.9 Å². The van der Waals surface area contributed by atoms with Crippen LogP contribution in [0, 0.1) is 0 Å². The summed E-state index contributed by atoms with van der Waals surface area (Å²) in [6, 6.07) is 15.6. The van der Waals surface area contributed by atoms with Crippen LogP contribution in [0.1, 0.15) is 5.56 Å². The molecule has 140 valence electrons. The number of fused-ring (bicyclic) bond motifs is 1. The highest BCUT2D eigenvalue weighted by atomic mass is 32.1. The van der Waals surface area contributed by atoms with Crippen molar-refractivity contribution in [2.75, 3.05) is 0 Å². The average molecular weight is 397 g/mol. The number of hydrogen-bond acceptors (Lipinski definition) is 5. The number of alkyl halides is 2. The Bertz CT molecular complexity index is 1190. The molecule has 0 aliphatic heterocycles. The largest absolute Gasteiger partial charge is 0.435 e. The number of thiophene rings is 1. The van der Waals surface area contributed by atoms with Crippen molar-refractivity contribution < 1.29 is 13.5 Å². The molecule has 28 heavy (non-hydrogen) atoms. The maximum Gasteiger partial charge on any atom is 0.387 e. The van der Waals surface area contributed by atoms with Gasteiger partial charge in [-0.1, -0.05) is 30.3 Å². The van der Waals surface area contributed by atoms with Crippen LogP contribution in [0.25, 0.3) is 21.3 Å². The summed E-state index contributed by atoms with van der Waals surface area (Å²) in [6.45, 7) is -2.87. The van der Waals surface area contributed by atoms with Crippen molar-refractivity contribution in [1.29, 1.82) is 0 Å². The number of halogens is 2. The molecule has 0 unspecified atom stereocenters. The van der Waals surface area contributed by atoms with Gasteiger partial charge >= 0.3 is 6.61 Å². The van der Waals surface area contributed by atoms with Crippen LogP contribution in [0.3, 0.4) is 0 Å². The van der Waals surface area contributed by atoms with Gasteiger partial charge in [-0.15, -0.1) is 11.3 Å². The smallest absolute Gasteiger partial charge is 0.387 e. The van der Waals surface area contributed by atoms with E-state index in [2.05, 4.69) is 14.8 Å². The van der Waals surface area contributed by atoms with E-state index in [-0.39, 0.29) is 11.3 Å². The highest BCUT2D eigenvalue weighted by molar-refractivity contribution is 7.17. The molecule has 5 nitrogen and oxygen atoms in total. The second-order valence-electron chi connectivity index (χ2n) is 5.78. The van der Waals surface area contributed by atoms with Crippen LogP contribution >= 0.6 is 11.3 Å². The summed E-state index contributed by atoms with van der Waals surface area (Å²) in [5.41, 5.74) is 2.10. The van der Waals surface area contributed by atoms with Crippen molar-refractivity contribution in [3.63, 3.8) is 0 Å². The van der Waals surface area contributed by atoms with Crippen molar-refractivity contribution in [3.05, 3.63) is 82.2 Å². The van der Waals surface area contributed by atoms with E-state index in [1.165, 1.54) is 36.0 Å². The minimum absolute atomic E-state index is 0.0539. The molecule has 2 aromatic heterocycles. The van der Waals surface area contributed by atoms with Gasteiger partial charge < -0.3 is 4.74 Å². The van der Waals surface area contributed by atoms with Gasteiger partial charge in [0.2, 0.25) is 0 Å². The molecule has 0 fully saturated rings. The SMILES string of the molecule is O=c1c2c(-c3ccccc3)csc2ncn1/N=C\c1ccc(OC(F)F)cc1. The normalized spacial score (nSPS) is 11.5. The van der Waals surface area contributed by atoms with Crippen molar-refractivity contribution in [2.24, 2.45) is 5.10 Å². The Kier molecular flexibility index (Phi) is 4.94. The van der Waals surface area contributed by atoms with Crippen molar-refractivity contribution in [1.82, 2.24) is 9.66 Å². The van der Waals surface area contributed by atoms with Crippen molar-refractivity contribution >= 4 is 27.8 Å². The predicted molar refractivity (Wildman–Crippen MR) is 105 cm³/mol. The molecule has 0 bridgehead atoms. The van der Waals surface area contributed by atoms with Crippen LogP contribution in [0.15, 0.2) is 76.2 Å². The van der Waals surface area contributed by atoms with Gasteiger partial charge in [0.05, 0.1) is 11.6 Å². The number of benzene rings is 2. The maximum absolute atomic E-state index is 12.9. The van der Waals surface area contributed by atoms with Crippen LogP contribution in [-0.4, -0.2) is 22.5 Å². The third kappa shape index (κ3) is 3.67. The Balaban J connectivity index is 1.67. The minimum atomic E-state index is -2.87. The predicted octanol–water partition coefficient (Wildman–Crippen LogP) is 4.61. The Morgan fingerprint density at radius 2 is 1.86 bits per heavy atom. The first-order valence-corrected chi connectivity index (χ1v) is 9.13. The third-order valence-corrected chi connectivity index (χ3v) is 4.89. The molecule has 8 heteroatoms. The van der Waals surface area contributed by atoms with E-state index in [0.717, 1.165) is 15.8 Å². The van der Waals surface area contributed by atoms with E-state index in [9.17, 15) is 13.6 Å². The van der Waals surface area contributed by atoms with Gasteiger partial charge in [0.1, 0.15) is 16.9 Å². The number of ether oxygens (including phenoxy) is 1. The Labute approximate surface area is 162 Å². The Morgan fingerprint density at radius 3 is 2.57 bits per heavy atom. The van der Waals surface area contributed by atoms with Crippen LogP contribution in [-0.2, 0) is 0 Å². The summed E-state index contributed by atoms with van der Waals surface area (Å²) in [5, 5.41) is 6.58. The Morgan fingerprint density at radius 1 is 1.11 bits per heavy atom. The van der Waals surface area contributed by atoms with E-state index in [0.29, 0.717) is 15.8 Å². The molecule has 0 spiro atoms. The number of hydrogen-bond donors (Lipinski definition) is 0. The second-order valence-corrected chi connectivity index (χ2v) is 6.64. The van der Waals surface area contributed by atoms with Crippen LogP contribution < -0.4 is 10.3 Å². The molecule has 0 aliphatic carbocycles. The van der Waals surface area contributed by atoms with Crippen LogP contribution in [0.5, 0.6) is 5.75 Å². The summed E-state index contributed by atoms with van der Waals surface area (Å²) in [4.78, 5) is 17.8. The zero-order valence-electron chi connectivity index (χ0n) is 14.3. The fourth-order valence-corrected chi connectivity index (χ4v) is 3.61. The fraction of sp³-hybridized carbons (Fsp3) is 0.0500. The lowest BCUT2D eigenvalue weighted by atomic mass is 10.1. The number of rotatable bonds is 5. The van der Waals surface area contributed by atoms with Crippen LogP contribution in [0.2, 0.25) is 0 Å². The molecular weight excluding hydrogens is 384 g/mol. The molecule has 0 radical (unpaired) electrons. The molecule has 0 aliphatic rings. The minimum Gasteiger partial charge on any atom is -0.435 e. The summed E-state index contributed by atoms with van der Waals surface area (Å²) in [5.74, 6) is 0.0539. The van der Waals surface area contributed by atoms with Crippen molar-refractivity contribution in [2.45, 2.75) is 6.61 Å². The molecule has 4 aromatic rings. The van der Waals surface area contributed by atoms with Gasteiger partial charge in [0.15, 0.2) is 0 Å². The van der Waals surface area contributed by atoms with Gasteiger partial charge in [-0.3, -0.25) is 4.79 Å². The maximum atomic E-state index is 12.9. The van der Waals surface area contributed by atoms with Gasteiger partial charge in [-0.25, -0.2) is 4.98 Å². The van der Waals surface area contributed by atoms with Gasteiger partial charge in [-0.2, -0.15) is 18.6 Å². The van der Waals surface area contributed by atoms with E-state index >= 15 is 0 Å². The highest BCUT2D eigenvalue weighted by Gasteiger charge is 2.12. The lowest BCUT2D eigenvalue weighted by Gasteiger charge is -2.04. The van der Waals surface area contributed by atoms with Gasteiger partial charge in [0.25, 0.3) is 5.56 Å². The van der Waals surface area contributed by atoms with E-state index < -0.39 is 6.61 Å². The lowest BCUT2D eigenvalue weighted by Crippen LogP contribution is -2.16. The fourth-order valence-electron chi connectivity index (χ4n) is 2.70. The monoisotopic (exact) mass is 397 g/mol. The summed E-state index contributed by atoms with van der Waals surface area (Å²) >= 11 is 1.40. The highest BCUT2D eigenvalue weighted by Crippen LogP contribution is 2.30. The first-order valence-electron chi connectivity index (χ1n) is 8.25. The zero-order chi connectivity index (χ0) is 19.5. The van der Waals surface area contributed by atoms with Crippen LogP contribution in [0.4, 0.5) is 8.78 Å². The van der Waals surface area contributed by atoms with E-state index in [1.807, 2.05) is 35.7 Å². The molecular formula is C20H13F2N3O2S. The van der Waals surface area contributed by atoms with E-state index in [4.69, 9.17) is 0 Å². The molecule has 0 saturated heterocycles. The van der Waals surface area contributed by atoms with E-state index in [1.54, 1.807) is 12.1 Å². The molecule has 4 rings (SSSR count). The first kappa shape index (κ1) is 18.0.